The highest BCUT2D eigenvalue weighted by molar-refractivity contribution is 5.87. The molecule has 0 bridgehead atoms. The standard InChI is InChI=1S/C17H20N2O2/c1-12-14(17(20)21)6-4-9-19(12)10-8-13-11-18-16-7-3-2-5-15(13)16/h2-3,5,7,11,18H,4,6,8-10H2,1H3,(H,20,21). The van der Waals surface area contributed by atoms with E-state index < -0.39 is 5.97 Å². The third-order valence-electron chi connectivity index (χ3n) is 4.35. The second-order valence-corrected chi connectivity index (χ2v) is 5.57. The van der Waals surface area contributed by atoms with E-state index in [1.54, 1.807) is 0 Å². The monoisotopic (exact) mass is 284 g/mol. The minimum absolute atomic E-state index is 0.570. The molecule has 110 valence electrons. The summed E-state index contributed by atoms with van der Waals surface area (Å²) in [4.78, 5) is 16.7. The van der Waals surface area contributed by atoms with E-state index in [4.69, 9.17) is 0 Å². The number of carbonyl (C=O) groups is 1. The van der Waals surface area contributed by atoms with Crippen LogP contribution in [0.1, 0.15) is 25.3 Å². The van der Waals surface area contributed by atoms with E-state index in [0.29, 0.717) is 12.0 Å². The molecule has 1 aliphatic rings. The van der Waals surface area contributed by atoms with Gasteiger partial charge in [-0.25, -0.2) is 4.79 Å². The van der Waals surface area contributed by atoms with Crippen LogP contribution in [0.4, 0.5) is 0 Å². The van der Waals surface area contributed by atoms with Crippen molar-refractivity contribution in [3.8, 4) is 0 Å². The number of hydrogen-bond donors (Lipinski definition) is 2. The Balaban J connectivity index is 1.75. The number of benzene rings is 1. The summed E-state index contributed by atoms with van der Waals surface area (Å²) in [7, 11) is 0. The van der Waals surface area contributed by atoms with Crippen molar-refractivity contribution in [3.63, 3.8) is 0 Å². The summed E-state index contributed by atoms with van der Waals surface area (Å²) in [6.07, 6.45) is 4.59. The number of fused-ring (bicyclic) bond motifs is 1. The molecule has 1 aliphatic heterocycles. The highest BCUT2D eigenvalue weighted by Gasteiger charge is 2.21. The van der Waals surface area contributed by atoms with Crippen LogP contribution in [0.25, 0.3) is 10.9 Å². The van der Waals surface area contributed by atoms with Crippen LogP contribution in [0.2, 0.25) is 0 Å². The maximum absolute atomic E-state index is 11.2. The molecule has 4 nitrogen and oxygen atoms in total. The molecule has 0 unspecified atom stereocenters. The fourth-order valence-corrected chi connectivity index (χ4v) is 3.12. The Labute approximate surface area is 124 Å². The lowest BCUT2D eigenvalue weighted by molar-refractivity contribution is -0.133. The van der Waals surface area contributed by atoms with Gasteiger partial charge in [0.05, 0.1) is 5.57 Å². The largest absolute Gasteiger partial charge is 0.478 e. The maximum Gasteiger partial charge on any atom is 0.333 e. The first-order valence-electron chi connectivity index (χ1n) is 7.40. The smallest absolute Gasteiger partial charge is 0.333 e. The zero-order valence-electron chi connectivity index (χ0n) is 12.2. The molecular weight excluding hydrogens is 264 g/mol. The van der Waals surface area contributed by atoms with Crippen LogP contribution >= 0.6 is 0 Å². The van der Waals surface area contributed by atoms with E-state index in [0.717, 1.165) is 37.1 Å². The summed E-state index contributed by atoms with van der Waals surface area (Å²) >= 11 is 0. The number of carboxylic acid groups (broad SMARTS) is 1. The third kappa shape index (κ3) is 2.66. The lowest BCUT2D eigenvalue weighted by Gasteiger charge is -2.31. The van der Waals surface area contributed by atoms with Crippen LogP contribution < -0.4 is 0 Å². The zero-order chi connectivity index (χ0) is 14.8. The Morgan fingerprint density at radius 3 is 3.00 bits per heavy atom. The van der Waals surface area contributed by atoms with Crippen LogP contribution in [-0.4, -0.2) is 34.0 Å². The van der Waals surface area contributed by atoms with Gasteiger partial charge in [-0.1, -0.05) is 18.2 Å². The number of rotatable bonds is 4. The maximum atomic E-state index is 11.2. The fourth-order valence-electron chi connectivity index (χ4n) is 3.12. The van der Waals surface area contributed by atoms with E-state index in [1.807, 2.05) is 19.1 Å². The summed E-state index contributed by atoms with van der Waals surface area (Å²) in [6.45, 7) is 3.74. The number of para-hydroxylation sites is 1. The molecule has 0 radical (unpaired) electrons. The van der Waals surface area contributed by atoms with E-state index in [1.165, 1.54) is 10.9 Å². The van der Waals surface area contributed by atoms with Crippen LogP contribution in [0.15, 0.2) is 41.7 Å². The Morgan fingerprint density at radius 1 is 1.38 bits per heavy atom. The highest BCUT2D eigenvalue weighted by Crippen LogP contribution is 2.24. The van der Waals surface area contributed by atoms with Gasteiger partial charge in [-0.05, 0) is 37.8 Å². The SMILES string of the molecule is CC1=C(C(=O)O)CCCN1CCc1c[nH]c2ccccc12. The van der Waals surface area contributed by atoms with Crippen LogP contribution in [-0.2, 0) is 11.2 Å². The number of H-pyrrole nitrogens is 1. The van der Waals surface area contributed by atoms with E-state index in [9.17, 15) is 9.90 Å². The number of aliphatic carboxylic acids is 1. The molecule has 0 spiro atoms. The van der Waals surface area contributed by atoms with Crippen molar-refractivity contribution < 1.29 is 9.90 Å². The van der Waals surface area contributed by atoms with Gasteiger partial charge in [0.2, 0.25) is 0 Å². The van der Waals surface area contributed by atoms with Gasteiger partial charge in [0, 0.05) is 35.9 Å². The number of allylic oxidation sites excluding steroid dienone is 1. The molecule has 2 N–H and O–H groups in total. The molecule has 0 saturated carbocycles. The average Bonchev–Trinajstić information content (AvgIpc) is 2.89. The van der Waals surface area contributed by atoms with Gasteiger partial charge in [0.15, 0.2) is 0 Å². The molecule has 0 amide bonds. The molecule has 3 rings (SSSR count). The molecule has 2 heterocycles. The Kier molecular flexibility index (Phi) is 3.69. The van der Waals surface area contributed by atoms with Gasteiger partial charge in [-0.15, -0.1) is 0 Å². The van der Waals surface area contributed by atoms with Gasteiger partial charge < -0.3 is 15.0 Å². The third-order valence-corrected chi connectivity index (χ3v) is 4.35. The summed E-state index contributed by atoms with van der Waals surface area (Å²) in [5.74, 6) is -0.774. The Morgan fingerprint density at radius 2 is 2.19 bits per heavy atom. The van der Waals surface area contributed by atoms with E-state index >= 15 is 0 Å². The number of hydrogen-bond acceptors (Lipinski definition) is 2. The molecule has 0 fully saturated rings. The van der Waals surface area contributed by atoms with Crippen LogP contribution in [0.5, 0.6) is 0 Å². The Hall–Kier alpha value is -2.23. The average molecular weight is 284 g/mol. The number of aromatic nitrogens is 1. The summed E-state index contributed by atoms with van der Waals surface area (Å²) < 4.78 is 0. The first-order chi connectivity index (χ1) is 10.2. The van der Waals surface area contributed by atoms with Crippen LogP contribution in [0.3, 0.4) is 0 Å². The van der Waals surface area contributed by atoms with Crippen LogP contribution in [0, 0.1) is 0 Å². The molecule has 1 aromatic heterocycles. The highest BCUT2D eigenvalue weighted by atomic mass is 16.4. The van der Waals surface area contributed by atoms with Gasteiger partial charge in [0.25, 0.3) is 0 Å². The van der Waals surface area contributed by atoms with Crippen molar-refractivity contribution in [3.05, 3.63) is 47.3 Å². The van der Waals surface area contributed by atoms with E-state index in [2.05, 4.69) is 28.2 Å². The van der Waals surface area contributed by atoms with Crippen molar-refractivity contribution in [2.24, 2.45) is 0 Å². The van der Waals surface area contributed by atoms with Crippen molar-refractivity contribution in [2.45, 2.75) is 26.2 Å². The predicted molar refractivity (Wildman–Crippen MR) is 83.1 cm³/mol. The lowest BCUT2D eigenvalue weighted by atomic mass is 10.0. The minimum atomic E-state index is -0.774. The van der Waals surface area contributed by atoms with Gasteiger partial charge in [-0.3, -0.25) is 0 Å². The molecule has 1 aromatic carbocycles. The van der Waals surface area contributed by atoms with E-state index in [-0.39, 0.29) is 0 Å². The van der Waals surface area contributed by atoms with Crippen molar-refractivity contribution in [1.82, 2.24) is 9.88 Å². The molecular formula is C17H20N2O2. The number of nitrogens with one attached hydrogen (secondary N) is 1. The number of aromatic amines is 1. The second-order valence-electron chi connectivity index (χ2n) is 5.57. The summed E-state index contributed by atoms with van der Waals surface area (Å²) in [5.41, 5.74) is 3.94. The molecule has 21 heavy (non-hydrogen) atoms. The first kappa shape index (κ1) is 13.7. The summed E-state index contributed by atoms with van der Waals surface area (Å²) in [6, 6.07) is 8.28. The minimum Gasteiger partial charge on any atom is -0.478 e. The topological polar surface area (TPSA) is 56.3 Å². The zero-order valence-corrected chi connectivity index (χ0v) is 12.2. The number of nitrogens with zero attached hydrogens (tertiary/aromatic N) is 1. The Bertz CT molecular complexity index is 700. The molecule has 4 heteroatoms. The number of carboxylic acids is 1. The van der Waals surface area contributed by atoms with Crippen molar-refractivity contribution in [2.75, 3.05) is 13.1 Å². The second kappa shape index (κ2) is 5.64. The normalized spacial score (nSPS) is 15.8. The van der Waals surface area contributed by atoms with Crippen molar-refractivity contribution in [1.29, 1.82) is 0 Å². The van der Waals surface area contributed by atoms with Crippen molar-refractivity contribution >= 4 is 16.9 Å². The molecule has 0 aliphatic carbocycles. The molecule has 2 aromatic rings. The predicted octanol–water partition coefficient (Wildman–Crippen LogP) is 3.16. The molecule has 0 saturated heterocycles. The van der Waals surface area contributed by atoms with Gasteiger partial charge in [0.1, 0.15) is 0 Å². The van der Waals surface area contributed by atoms with Gasteiger partial charge in [-0.2, -0.15) is 0 Å². The lowest BCUT2D eigenvalue weighted by Crippen LogP contribution is -2.31. The molecule has 0 atom stereocenters. The van der Waals surface area contributed by atoms with Gasteiger partial charge >= 0.3 is 5.97 Å². The first-order valence-corrected chi connectivity index (χ1v) is 7.40. The summed E-state index contributed by atoms with van der Waals surface area (Å²) in [5, 5.41) is 10.5. The quantitative estimate of drug-likeness (QED) is 0.906. The fraction of sp³-hybridized carbons (Fsp3) is 0.353.